The number of aryl methyl sites for hydroxylation is 2. The Morgan fingerprint density at radius 1 is 0.816 bits per heavy atom. The molecule has 38 heavy (non-hydrogen) atoms. The normalized spacial score (nSPS) is 15.0. The number of halogens is 1. The van der Waals surface area contributed by atoms with E-state index in [0.717, 1.165) is 62.0 Å². The number of benzene rings is 3. The van der Waals surface area contributed by atoms with Gasteiger partial charge in [-0.1, -0.05) is 60.7 Å². The van der Waals surface area contributed by atoms with Gasteiger partial charge in [0.1, 0.15) is 17.5 Å². The Balaban J connectivity index is 0.00000336. The Bertz CT molecular complexity index is 1260. The van der Waals surface area contributed by atoms with Gasteiger partial charge in [-0.15, -0.1) is 17.5 Å². The molecule has 1 saturated heterocycles. The van der Waals surface area contributed by atoms with Crippen molar-refractivity contribution in [2.45, 2.75) is 25.6 Å². The van der Waals surface area contributed by atoms with Crippen molar-refractivity contribution in [1.29, 1.82) is 0 Å². The molecule has 0 saturated carbocycles. The molecule has 9 heteroatoms. The maximum Gasteiger partial charge on any atom is 0.173 e. The number of hydrogen-bond acceptors (Lipinski definition) is 7. The third-order valence-corrected chi connectivity index (χ3v) is 7.01. The molecule has 200 valence electrons. The number of hydrogen-bond donors (Lipinski definition) is 0. The second-order valence-electron chi connectivity index (χ2n) is 9.30. The van der Waals surface area contributed by atoms with Crippen LogP contribution in [0.3, 0.4) is 0 Å². The summed E-state index contributed by atoms with van der Waals surface area (Å²) in [6, 6.07) is 26.9. The van der Waals surface area contributed by atoms with Crippen molar-refractivity contribution in [2.75, 3.05) is 40.4 Å². The first-order valence-electron chi connectivity index (χ1n) is 12.8. The molecule has 1 unspecified atom stereocenters. The van der Waals surface area contributed by atoms with Gasteiger partial charge in [0, 0.05) is 44.8 Å². The molecule has 0 N–H and O–H groups in total. The number of ether oxygens (including phenoxy) is 2. The third kappa shape index (κ3) is 6.51. The fraction of sp³-hybridized carbons (Fsp3) is 0.345. The quantitative estimate of drug-likeness (QED) is 0.301. The molecule has 0 amide bonds. The van der Waals surface area contributed by atoms with Gasteiger partial charge in [0.25, 0.3) is 0 Å². The maximum absolute atomic E-state index is 5.81. The van der Waals surface area contributed by atoms with Gasteiger partial charge < -0.3 is 9.47 Å². The highest BCUT2D eigenvalue weighted by atomic mass is 35.5. The lowest BCUT2D eigenvalue weighted by atomic mass is 10.0. The van der Waals surface area contributed by atoms with E-state index in [1.807, 2.05) is 22.9 Å². The molecule has 0 bridgehead atoms. The van der Waals surface area contributed by atoms with Crippen molar-refractivity contribution in [2.24, 2.45) is 0 Å². The number of rotatable bonds is 10. The molecule has 5 rings (SSSR count). The molecule has 1 aliphatic heterocycles. The molecule has 1 fully saturated rings. The molecule has 1 aliphatic rings. The minimum Gasteiger partial charge on any atom is -0.497 e. The summed E-state index contributed by atoms with van der Waals surface area (Å²) in [5.74, 6) is 2.40. The summed E-state index contributed by atoms with van der Waals surface area (Å²) in [6.45, 7) is 5.36. The number of nitrogens with zero attached hydrogens (tertiary/aromatic N) is 6. The maximum atomic E-state index is 5.81. The van der Waals surface area contributed by atoms with E-state index in [1.165, 1.54) is 11.1 Å². The number of piperazine rings is 1. The molecular formula is C29H35ClN6O2. The molecule has 3 aromatic carbocycles. The summed E-state index contributed by atoms with van der Waals surface area (Å²) in [5, 5.41) is 13.0. The first-order chi connectivity index (χ1) is 18.2. The van der Waals surface area contributed by atoms with Crippen LogP contribution < -0.4 is 9.47 Å². The summed E-state index contributed by atoms with van der Waals surface area (Å²) in [4.78, 5) is 4.97. The Hall–Kier alpha value is -3.46. The average Bonchev–Trinajstić information content (AvgIpc) is 3.42. The van der Waals surface area contributed by atoms with Crippen LogP contribution in [0, 0.1) is 0 Å². The first-order valence-corrected chi connectivity index (χ1v) is 12.8. The zero-order valence-corrected chi connectivity index (χ0v) is 22.8. The van der Waals surface area contributed by atoms with Gasteiger partial charge in [0.2, 0.25) is 0 Å². The second kappa shape index (κ2) is 13.4. The molecule has 8 nitrogen and oxygen atoms in total. The molecule has 1 atom stereocenters. The standard InChI is InChI=1S/C29H34N6O2.ClH/c1-36-25-13-14-27(37-2)26(21-25)28(29-30-31-32-35(29)16-15-23-9-5-3-6-10-23)34-19-17-33(18-20-34)22-24-11-7-4-8-12-24;/h3-14,21,28H,15-20,22H2,1-2H3;1H. The molecule has 4 aromatic rings. The Labute approximate surface area is 230 Å². The minimum absolute atomic E-state index is 0. The highest BCUT2D eigenvalue weighted by Gasteiger charge is 2.33. The van der Waals surface area contributed by atoms with E-state index in [0.29, 0.717) is 6.54 Å². The lowest BCUT2D eigenvalue weighted by Crippen LogP contribution is -2.48. The first kappa shape index (κ1) is 27.6. The predicted octanol–water partition coefficient (Wildman–Crippen LogP) is 4.26. The van der Waals surface area contributed by atoms with Crippen molar-refractivity contribution in [3.63, 3.8) is 0 Å². The monoisotopic (exact) mass is 534 g/mol. The van der Waals surface area contributed by atoms with Crippen molar-refractivity contribution < 1.29 is 9.47 Å². The lowest BCUT2D eigenvalue weighted by Gasteiger charge is -2.39. The SMILES string of the molecule is COc1ccc(OC)c(C(c2nnnn2CCc2ccccc2)N2CCN(Cc3ccccc3)CC2)c1.Cl. The summed E-state index contributed by atoms with van der Waals surface area (Å²) in [6.07, 6.45) is 0.853. The Kier molecular flexibility index (Phi) is 9.70. The fourth-order valence-corrected chi connectivity index (χ4v) is 5.02. The average molecular weight is 535 g/mol. The smallest absolute Gasteiger partial charge is 0.173 e. The highest BCUT2D eigenvalue weighted by molar-refractivity contribution is 5.85. The van der Waals surface area contributed by atoms with Crippen LogP contribution >= 0.6 is 12.4 Å². The molecular weight excluding hydrogens is 500 g/mol. The predicted molar refractivity (Wildman–Crippen MR) is 150 cm³/mol. The van der Waals surface area contributed by atoms with Crippen molar-refractivity contribution in [3.05, 3.63) is 101 Å². The summed E-state index contributed by atoms with van der Waals surface area (Å²) in [5.41, 5.74) is 3.61. The van der Waals surface area contributed by atoms with Gasteiger partial charge in [-0.25, -0.2) is 4.68 Å². The van der Waals surface area contributed by atoms with Crippen LogP contribution in [-0.4, -0.2) is 70.4 Å². The minimum atomic E-state index is -0.158. The molecule has 1 aromatic heterocycles. The van der Waals surface area contributed by atoms with E-state index in [1.54, 1.807) is 14.2 Å². The second-order valence-corrected chi connectivity index (χ2v) is 9.30. The van der Waals surface area contributed by atoms with Gasteiger partial charge in [-0.3, -0.25) is 9.80 Å². The van der Waals surface area contributed by atoms with Gasteiger partial charge in [-0.2, -0.15) is 0 Å². The van der Waals surface area contributed by atoms with Crippen molar-refractivity contribution in [3.8, 4) is 11.5 Å². The molecule has 2 heterocycles. The highest BCUT2D eigenvalue weighted by Crippen LogP contribution is 2.36. The van der Waals surface area contributed by atoms with E-state index in [4.69, 9.17) is 9.47 Å². The van der Waals surface area contributed by atoms with Crippen LogP contribution in [0.4, 0.5) is 0 Å². The van der Waals surface area contributed by atoms with Gasteiger partial charge in [0.15, 0.2) is 5.82 Å². The van der Waals surface area contributed by atoms with Crippen LogP contribution in [0.25, 0.3) is 0 Å². The van der Waals surface area contributed by atoms with Crippen LogP contribution in [0.1, 0.15) is 28.6 Å². The molecule has 0 radical (unpaired) electrons. The number of aromatic nitrogens is 4. The van der Waals surface area contributed by atoms with Crippen molar-refractivity contribution >= 4 is 12.4 Å². The summed E-state index contributed by atoms with van der Waals surface area (Å²) in [7, 11) is 3.39. The Morgan fingerprint density at radius 2 is 1.50 bits per heavy atom. The van der Waals surface area contributed by atoms with Gasteiger partial charge >= 0.3 is 0 Å². The molecule has 0 spiro atoms. The van der Waals surface area contributed by atoms with E-state index in [2.05, 4.69) is 86.0 Å². The molecule has 0 aliphatic carbocycles. The van der Waals surface area contributed by atoms with E-state index in [9.17, 15) is 0 Å². The number of tetrazole rings is 1. The van der Waals surface area contributed by atoms with Crippen LogP contribution in [-0.2, 0) is 19.5 Å². The van der Waals surface area contributed by atoms with Crippen LogP contribution in [0.5, 0.6) is 11.5 Å². The Morgan fingerprint density at radius 3 is 2.16 bits per heavy atom. The summed E-state index contributed by atoms with van der Waals surface area (Å²) < 4.78 is 13.3. The zero-order valence-electron chi connectivity index (χ0n) is 21.9. The topological polar surface area (TPSA) is 68.5 Å². The van der Waals surface area contributed by atoms with Crippen LogP contribution in [0.15, 0.2) is 78.9 Å². The van der Waals surface area contributed by atoms with E-state index >= 15 is 0 Å². The lowest BCUT2D eigenvalue weighted by molar-refractivity contribution is 0.0990. The fourth-order valence-electron chi connectivity index (χ4n) is 5.02. The van der Waals surface area contributed by atoms with Gasteiger partial charge in [-0.05, 0) is 46.2 Å². The largest absolute Gasteiger partial charge is 0.497 e. The van der Waals surface area contributed by atoms with E-state index in [-0.39, 0.29) is 18.4 Å². The number of methoxy groups -OCH3 is 2. The van der Waals surface area contributed by atoms with Crippen LogP contribution in [0.2, 0.25) is 0 Å². The van der Waals surface area contributed by atoms with Crippen molar-refractivity contribution in [1.82, 2.24) is 30.0 Å². The summed E-state index contributed by atoms with van der Waals surface area (Å²) >= 11 is 0. The zero-order chi connectivity index (χ0) is 25.5. The van der Waals surface area contributed by atoms with E-state index < -0.39 is 0 Å². The van der Waals surface area contributed by atoms with Gasteiger partial charge in [0.05, 0.1) is 14.2 Å². The third-order valence-electron chi connectivity index (χ3n) is 7.01.